The molecule has 0 saturated heterocycles. The largest absolute Gasteiger partial charge is 0.292 e. The molecule has 3 aromatic heterocycles. The summed E-state index contributed by atoms with van der Waals surface area (Å²) in [5.41, 5.74) is 3.38. The number of hydrogen-bond acceptors (Lipinski definition) is 4. The summed E-state index contributed by atoms with van der Waals surface area (Å²) in [5.74, 6) is 0. The molecular formula is C17H14N4O. The van der Waals surface area contributed by atoms with Crippen LogP contribution in [-0.2, 0) is 19.5 Å². The van der Waals surface area contributed by atoms with Crippen molar-refractivity contribution < 1.29 is 0 Å². The van der Waals surface area contributed by atoms with E-state index in [1.54, 1.807) is 17.0 Å². The summed E-state index contributed by atoms with van der Waals surface area (Å²) < 4.78 is 1.71. The van der Waals surface area contributed by atoms with Gasteiger partial charge in [0, 0.05) is 36.0 Å². The SMILES string of the molecule is O=c1c2c(c3cccnc3n1Cc1ccccn1)CC=NC2. The van der Waals surface area contributed by atoms with Gasteiger partial charge in [-0.05, 0) is 29.8 Å². The molecule has 0 bridgehead atoms. The van der Waals surface area contributed by atoms with Crippen LogP contribution < -0.4 is 5.56 Å². The van der Waals surface area contributed by atoms with Gasteiger partial charge < -0.3 is 0 Å². The van der Waals surface area contributed by atoms with E-state index in [1.807, 2.05) is 36.5 Å². The first-order valence-corrected chi connectivity index (χ1v) is 7.22. The van der Waals surface area contributed by atoms with Gasteiger partial charge in [-0.25, -0.2) is 4.98 Å². The number of fused-ring (bicyclic) bond motifs is 3. The molecule has 0 atom stereocenters. The van der Waals surface area contributed by atoms with Crippen LogP contribution in [-0.4, -0.2) is 20.7 Å². The summed E-state index contributed by atoms with van der Waals surface area (Å²) in [5, 5.41) is 1.03. The fraction of sp³-hybridized carbons (Fsp3) is 0.176. The Kier molecular flexibility index (Phi) is 3.04. The standard InChI is InChI=1S/C17H14N4O/c22-17-15-10-18-9-6-13(15)14-5-3-8-20-16(14)21(17)11-12-4-1-2-7-19-12/h1-5,7-9H,6,10-11H2. The van der Waals surface area contributed by atoms with E-state index in [1.165, 1.54) is 0 Å². The van der Waals surface area contributed by atoms with Gasteiger partial charge in [-0.1, -0.05) is 6.07 Å². The fourth-order valence-electron chi connectivity index (χ4n) is 2.91. The van der Waals surface area contributed by atoms with Crippen molar-refractivity contribution in [3.63, 3.8) is 0 Å². The smallest absolute Gasteiger partial charge is 0.257 e. The van der Waals surface area contributed by atoms with Gasteiger partial charge in [0.15, 0.2) is 0 Å². The second-order valence-corrected chi connectivity index (χ2v) is 5.27. The molecule has 22 heavy (non-hydrogen) atoms. The van der Waals surface area contributed by atoms with E-state index in [4.69, 9.17) is 0 Å². The molecule has 4 rings (SSSR count). The zero-order valence-electron chi connectivity index (χ0n) is 11.9. The first-order valence-electron chi connectivity index (χ1n) is 7.22. The predicted octanol–water partition coefficient (Wildman–Crippen LogP) is 1.97. The molecule has 0 saturated carbocycles. The molecule has 5 heteroatoms. The quantitative estimate of drug-likeness (QED) is 0.725. The van der Waals surface area contributed by atoms with Gasteiger partial charge in [-0.2, -0.15) is 0 Å². The maximum atomic E-state index is 12.9. The van der Waals surface area contributed by atoms with Gasteiger partial charge in [0.25, 0.3) is 5.56 Å². The van der Waals surface area contributed by atoms with Gasteiger partial charge >= 0.3 is 0 Å². The van der Waals surface area contributed by atoms with Crippen molar-refractivity contribution >= 4 is 17.2 Å². The van der Waals surface area contributed by atoms with Crippen LogP contribution >= 0.6 is 0 Å². The fourth-order valence-corrected chi connectivity index (χ4v) is 2.91. The second kappa shape index (κ2) is 5.18. The Hall–Kier alpha value is -2.82. The summed E-state index contributed by atoms with van der Waals surface area (Å²) in [4.78, 5) is 25.9. The molecule has 0 aliphatic carbocycles. The summed E-state index contributed by atoms with van der Waals surface area (Å²) in [6, 6.07) is 9.63. The minimum absolute atomic E-state index is 0.0105. The Morgan fingerprint density at radius 1 is 1.05 bits per heavy atom. The monoisotopic (exact) mass is 290 g/mol. The topological polar surface area (TPSA) is 60.1 Å². The Morgan fingerprint density at radius 2 is 1.95 bits per heavy atom. The summed E-state index contributed by atoms with van der Waals surface area (Å²) in [6.45, 7) is 0.866. The van der Waals surface area contributed by atoms with E-state index in [2.05, 4.69) is 15.0 Å². The van der Waals surface area contributed by atoms with Gasteiger partial charge in [0.2, 0.25) is 0 Å². The van der Waals surface area contributed by atoms with Crippen LogP contribution in [0, 0.1) is 0 Å². The molecule has 108 valence electrons. The Bertz CT molecular complexity index is 929. The first-order chi connectivity index (χ1) is 10.8. The molecule has 5 nitrogen and oxygen atoms in total. The molecule has 0 unspecified atom stereocenters. The molecule has 0 radical (unpaired) electrons. The zero-order valence-corrected chi connectivity index (χ0v) is 11.9. The number of hydrogen-bond donors (Lipinski definition) is 0. The van der Waals surface area contributed by atoms with Crippen molar-refractivity contribution in [2.24, 2.45) is 4.99 Å². The second-order valence-electron chi connectivity index (χ2n) is 5.27. The summed E-state index contributed by atoms with van der Waals surface area (Å²) >= 11 is 0. The minimum atomic E-state index is -0.0105. The molecule has 4 heterocycles. The van der Waals surface area contributed by atoms with Crippen LogP contribution in [0.1, 0.15) is 16.8 Å². The average Bonchev–Trinajstić information content (AvgIpc) is 2.59. The van der Waals surface area contributed by atoms with Crippen LogP contribution in [0.5, 0.6) is 0 Å². The van der Waals surface area contributed by atoms with Crippen molar-refractivity contribution in [3.05, 3.63) is 69.9 Å². The molecular weight excluding hydrogens is 276 g/mol. The third-order valence-electron chi connectivity index (χ3n) is 3.96. The highest BCUT2D eigenvalue weighted by atomic mass is 16.1. The van der Waals surface area contributed by atoms with Crippen molar-refractivity contribution in [2.45, 2.75) is 19.5 Å². The minimum Gasteiger partial charge on any atom is -0.292 e. The van der Waals surface area contributed by atoms with E-state index in [-0.39, 0.29) is 5.56 Å². The molecule has 0 N–H and O–H groups in total. The third-order valence-corrected chi connectivity index (χ3v) is 3.96. The lowest BCUT2D eigenvalue weighted by molar-refractivity contribution is 0.743. The van der Waals surface area contributed by atoms with E-state index in [9.17, 15) is 4.79 Å². The van der Waals surface area contributed by atoms with Crippen molar-refractivity contribution in [2.75, 3.05) is 0 Å². The van der Waals surface area contributed by atoms with Crippen LogP contribution in [0.15, 0.2) is 52.5 Å². The highest BCUT2D eigenvalue weighted by Gasteiger charge is 2.18. The van der Waals surface area contributed by atoms with Crippen LogP contribution in [0.25, 0.3) is 11.0 Å². The van der Waals surface area contributed by atoms with Crippen molar-refractivity contribution in [1.82, 2.24) is 14.5 Å². The normalized spacial score (nSPS) is 13.3. The Balaban J connectivity index is 1.99. The van der Waals surface area contributed by atoms with Gasteiger partial charge in [-0.15, -0.1) is 0 Å². The van der Waals surface area contributed by atoms with Gasteiger partial charge in [0.05, 0.1) is 18.8 Å². The first kappa shape index (κ1) is 12.9. The number of nitrogens with zero attached hydrogens (tertiary/aromatic N) is 4. The maximum absolute atomic E-state index is 12.9. The number of aliphatic imine (C=N–C) groups is 1. The highest BCUT2D eigenvalue weighted by molar-refractivity contribution is 5.84. The van der Waals surface area contributed by atoms with Gasteiger partial charge in [-0.3, -0.25) is 19.3 Å². The third kappa shape index (κ3) is 2.02. The van der Waals surface area contributed by atoms with E-state index >= 15 is 0 Å². The Morgan fingerprint density at radius 3 is 2.82 bits per heavy atom. The number of pyridine rings is 3. The number of rotatable bonds is 2. The lowest BCUT2D eigenvalue weighted by Gasteiger charge is -2.17. The molecule has 0 spiro atoms. The molecule has 1 aliphatic heterocycles. The van der Waals surface area contributed by atoms with E-state index in [0.717, 1.165) is 22.2 Å². The van der Waals surface area contributed by atoms with Crippen molar-refractivity contribution in [1.29, 1.82) is 0 Å². The highest BCUT2D eigenvalue weighted by Crippen LogP contribution is 2.21. The number of aromatic nitrogens is 3. The maximum Gasteiger partial charge on any atom is 0.257 e. The summed E-state index contributed by atoms with van der Waals surface area (Å²) in [6.07, 6.45) is 6.02. The molecule has 1 aliphatic rings. The van der Waals surface area contributed by atoms with Crippen LogP contribution in [0.4, 0.5) is 0 Å². The van der Waals surface area contributed by atoms with Crippen LogP contribution in [0.2, 0.25) is 0 Å². The van der Waals surface area contributed by atoms with Crippen LogP contribution in [0.3, 0.4) is 0 Å². The average molecular weight is 290 g/mol. The lowest BCUT2D eigenvalue weighted by Crippen LogP contribution is -2.28. The van der Waals surface area contributed by atoms with Gasteiger partial charge in [0.1, 0.15) is 5.65 Å². The zero-order chi connectivity index (χ0) is 14.9. The summed E-state index contributed by atoms with van der Waals surface area (Å²) in [7, 11) is 0. The van der Waals surface area contributed by atoms with Crippen molar-refractivity contribution in [3.8, 4) is 0 Å². The lowest BCUT2D eigenvalue weighted by atomic mass is 10.0. The molecule has 0 aromatic carbocycles. The molecule has 0 amide bonds. The van der Waals surface area contributed by atoms with E-state index < -0.39 is 0 Å². The Labute approximate surface area is 127 Å². The molecule has 3 aromatic rings. The van der Waals surface area contributed by atoms with E-state index in [0.29, 0.717) is 25.2 Å². The molecule has 0 fully saturated rings. The predicted molar refractivity (Wildman–Crippen MR) is 85.2 cm³/mol.